The quantitative estimate of drug-likeness (QED) is 0.812. The molecule has 2 rings (SSSR count). The predicted octanol–water partition coefficient (Wildman–Crippen LogP) is 3.19. The second-order valence-electron chi connectivity index (χ2n) is 5.63. The van der Waals surface area contributed by atoms with E-state index in [1.165, 1.54) is 5.56 Å². The van der Waals surface area contributed by atoms with E-state index in [2.05, 4.69) is 31.5 Å². The number of benzene rings is 1. The molecule has 6 heteroatoms. The molecular weight excluding hydrogens is 356 g/mol. The molecule has 23 heavy (non-hydrogen) atoms. The molecule has 0 atom stereocenters. The lowest BCUT2D eigenvalue weighted by atomic mass is 10.2. The number of rotatable bonds is 6. The normalized spacial score (nSPS) is 10.7. The van der Waals surface area contributed by atoms with Crippen LogP contribution < -0.4 is 10.6 Å². The number of likely N-dealkylation sites (N-methyl/N-ethyl adjacent to an activating group) is 1. The molecule has 1 heterocycles. The van der Waals surface area contributed by atoms with Crippen molar-refractivity contribution in [1.29, 1.82) is 0 Å². The van der Waals surface area contributed by atoms with Gasteiger partial charge in [0.2, 0.25) is 0 Å². The highest BCUT2D eigenvalue weighted by Crippen LogP contribution is 2.26. The summed E-state index contributed by atoms with van der Waals surface area (Å²) in [5.41, 5.74) is 3.42. The number of carbonyl (C=O) groups is 1. The molecule has 122 valence electrons. The molecule has 5 nitrogen and oxygen atoms in total. The Kier molecular flexibility index (Phi) is 6.12. The van der Waals surface area contributed by atoms with Crippen molar-refractivity contribution in [3.05, 3.63) is 52.3 Å². The van der Waals surface area contributed by atoms with Crippen molar-refractivity contribution in [3.63, 3.8) is 0 Å². The molecule has 1 aromatic heterocycles. The van der Waals surface area contributed by atoms with E-state index in [0.717, 1.165) is 22.4 Å². The lowest BCUT2D eigenvalue weighted by Crippen LogP contribution is -2.31. The standard InChI is InChI=1S/C17H21BrN4O/c1-12-4-5-16(15(18)8-12)21-14-9-13(10-19-11-14)17(23)20-6-7-22(2)3/h4-5,8-11,21H,6-7H2,1-3H3,(H,20,23). The molecule has 1 amide bonds. The van der Waals surface area contributed by atoms with E-state index in [1.54, 1.807) is 18.5 Å². The maximum atomic E-state index is 12.1. The van der Waals surface area contributed by atoms with Crippen LogP contribution in [-0.2, 0) is 0 Å². The van der Waals surface area contributed by atoms with E-state index in [4.69, 9.17) is 0 Å². The summed E-state index contributed by atoms with van der Waals surface area (Å²) < 4.78 is 0.971. The highest BCUT2D eigenvalue weighted by molar-refractivity contribution is 9.10. The molecule has 2 aromatic rings. The summed E-state index contributed by atoms with van der Waals surface area (Å²) in [6, 6.07) is 7.85. The summed E-state index contributed by atoms with van der Waals surface area (Å²) in [5.74, 6) is -0.119. The fourth-order valence-electron chi connectivity index (χ4n) is 2.00. The highest BCUT2D eigenvalue weighted by atomic mass is 79.9. The Hall–Kier alpha value is -1.92. The Morgan fingerprint density at radius 1 is 1.26 bits per heavy atom. The molecule has 0 aliphatic carbocycles. The number of nitrogens with one attached hydrogen (secondary N) is 2. The van der Waals surface area contributed by atoms with Gasteiger partial charge in [0, 0.05) is 23.8 Å². The summed E-state index contributed by atoms with van der Waals surface area (Å²) in [7, 11) is 3.94. The second kappa shape index (κ2) is 8.08. The van der Waals surface area contributed by atoms with Gasteiger partial charge in [0.15, 0.2) is 0 Å². The third-order valence-electron chi connectivity index (χ3n) is 3.25. The molecule has 2 N–H and O–H groups in total. The molecule has 0 spiro atoms. The van der Waals surface area contributed by atoms with E-state index in [9.17, 15) is 4.79 Å². The Morgan fingerprint density at radius 3 is 2.74 bits per heavy atom. The SMILES string of the molecule is Cc1ccc(Nc2cncc(C(=O)NCCN(C)C)c2)c(Br)c1. The van der Waals surface area contributed by atoms with Crippen LogP contribution in [-0.4, -0.2) is 43.0 Å². The van der Waals surface area contributed by atoms with Gasteiger partial charge < -0.3 is 15.5 Å². The Labute approximate surface area is 145 Å². The fourth-order valence-corrected chi connectivity index (χ4v) is 2.60. The van der Waals surface area contributed by atoms with Crippen LogP contribution in [0.5, 0.6) is 0 Å². The number of pyridine rings is 1. The maximum Gasteiger partial charge on any atom is 0.252 e. The Balaban J connectivity index is 2.06. The summed E-state index contributed by atoms with van der Waals surface area (Å²) in [6.45, 7) is 3.44. The average molecular weight is 377 g/mol. The van der Waals surface area contributed by atoms with Crippen molar-refractivity contribution in [2.24, 2.45) is 0 Å². The molecule has 0 saturated heterocycles. The van der Waals surface area contributed by atoms with Crippen LogP contribution in [0.15, 0.2) is 41.1 Å². The lowest BCUT2D eigenvalue weighted by Gasteiger charge is -2.12. The van der Waals surface area contributed by atoms with Gasteiger partial charge in [-0.1, -0.05) is 6.07 Å². The van der Waals surface area contributed by atoms with Crippen molar-refractivity contribution in [1.82, 2.24) is 15.2 Å². The zero-order valence-electron chi connectivity index (χ0n) is 13.6. The number of nitrogens with zero attached hydrogens (tertiary/aromatic N) is 2. The number of aromatic nitrogens is 1. The Morgan fingerprint density at radius 2 is 2.04 bits per heavy atom. The van der Waals surface area contributed by atoms with Gasteiger partial charge in [-0.2, -0.15) is 0 Å². The first-order valence-corrected chi connectivity index (χ1v) is 8.16. The number of aryl methyl sites for hydroxylation is 1. The number of anilines is 2. The number of hydrogen-bond acceptors (Lipinski definition) is 4. The summed E-state index contributed by atoms with van der Waals surface area (Å²) >= 11 is 3.53. The lowest BCUT2D eigenvalue weighted by molar-refractivity contribution is 0.0950. The van der Waals surface area contributed by atoms with E-state index < -0.39 is 0 Å². The van der Waals surface area contributed by atoms with Crippen LogP contribution in [0.3, 0.4) is 0 Å². The number of halogens is 1. The van der Waals surface area contributed by atoms with Crippen LogP contribution in [0.4, 0.5) is 11.4 Å². The van der Waals surface area contributed by atoms with E-state index in [0.29, 0.717) is 12.1 Å². The molecular formula is C17H21BrN4O. The molecule has 0 aliphatic rings. The van der Waals surface area contributed by atoms with Gasteiger partial charge in [0.1, 0.15) is 0 Å². The minimum Gasteiger partial charge on any atom is -0.353 e. The summed E-state index contributed by atoms with van der Waals surface area (Å²) in [6.07, 6.45) is 3.27. The zero-order valence-corrected chi connectivity index (χ0v) is 15.1. The maximum absolute atomic E-state index is 12.1. The van der Waals surface area contributed by atoms with Gasteiger partial charge in [-0.3, -0.25) is 9.78 Å². The average Bonchev–Trinajstić information content (AvgIpc) is 2.50. The van der Waals surface area contributed by atoms with E-state index in [1.807, 2.05) is 44.1 Å². The van der Waals surface area contributed by atoms with Gasteiger partial charge in [-0.05, 0) is 60.7 Å². The highest BCUT2D eigenvalue weighted by Gasteiger charge is 2.08. The van der Waals surface area contributed by atoms with Crippen LogP contribution in [0.2, 0.25) is 0 Å². The van der Waals surface area contributed by atoms with Crippen LogP contribution in [0.1, 0.15) is 15.9 Å². The van der Waals surface area contributed by atoms with E-state index in [-0.39, 0.29) is 5.91 Å². The number of carbonyl (C=O) groups excluding carboxylic acids is 1. The van der Waals surface area contributed by atoms with Crippen LogP contribution in [0.25, 0.3) is 0 Å². The van der Waals surface area contributed by atoms with Crippen molar-refractivity contribution in [2.45, 2.75) is 6.92 Å². The Bertz CT molecular complexity index is 688. The molecule has 0 radical (unpaired) electrons. The molecule has 0 bridgehead atoms. The smallest absolute Gasteiger partial charge is 0.252 e. The van der Waals surface area contributed by atoms with E-state index >= 15 is 0 Å². The summed E-state index contributed by atoms with van der Waals surface area (Å²) in [5, 5.41) is 6.15. The fraction of sp³-hybridized carbons (Fsp3) is 0.294. The third-order valence-corrected chi connectivity index (χ3v) is 3.90. The van der Waals surface area contributed by atoms with Crippen molar-refractivity contribution >= 4 is 33.2 Å². The number of amides is 1. The van der Waals surface area contributed by atoms with Crippen LogP contribution in [0, 0.1) is 6.92 Å². The minimum absolute atomic E-state index is 0.119. The van der Waals surface area contributed by atoms with Crippen molar-refractivity contribution in [3.8, 4) is 0 Å². The first-order chi connectivity index (χ1) is 11.0. The zero-order chi connectivity index (χ0) is 16.8. The molecule has 0 fully saturated rings. The minimum atomic E-state index is -0.119. The van der Waals surface area contributed by atoms with Crippen LogP contribution >= 0.6 is 15.9 Å². The molecule has 0 unspecified atom stereocenters. The van der Waals surface area contributed by atoms with Crippen molar-refractivity contribution in [2.75, 3.05) is 32.5 Å². The second-order valence-corrected chi connectivity index (χ2v) is 6.48. The topological polar surface area (TPSA) is 57.3 Å². The third kappa shape index (κ3) is 5.33. The molecule has 1 aromatic carbocycles. The monoisotopic (exact) mass is 376 g/mol. The van der Waals surface area contributed by atoms with Gasteiger partial charge in [0.05, 0.1) is 23.1 Å². The molecule has 0 aliphatic heterocycles. The first-order valence-electron chi connectivity index (χ1n) is 7.37. The summed E-state index contributed by atoms with van der Waals surface area (Å²) in [4.78, 5) is 18.3. The van der Waals surface area contributed by atoms with Gasteiger partial charge in [0.25, 0.3) is 5.91 Å². The number of hydrogen-bond donors (Lipinski definition) is 2. The van der Waals surface area contributed by atoms with Gasteiger partial charge in [-0.15, -0.1) is 0 Å². The van der Waals surface area contributed by atoms with Crippen molar-refractivity contribution < 1.29 is 4.79 Å². The predicted molar refractivity (Wildman–Crippen MR) is 97.3 cm³/mol. The first kappa shape index (κ1) is 17.4. The van der Waals surface area contributed by atoms with Gasteiger partial charge >= 0.3 is 0 Å². The largest absolute Gasteiger partial charge is 0.353 e. The molecule has 0 saturated carbocycles. The van der Waals surface area contributed by atoms with Gasteiger partial charge in [-0.25, -0.2) is 0 Å².